The average Bonchev–Trinajstić information content (AvgIpc) is 3.29. The van der Waals surface area contributed by atoms with Crippen LogP contribution in [0.4, 0.5) is 28.9 Å². The van der Waals surface area contributed by atoms with E-state index in [1.165, 1.54) is 24.8 Å². The topological polar surface area (TPSA) is 120 Å². The SMILES string of the molecule is CNC(=O)c1ccc(NCC#Cc2nc3c(N[C@@H]4CCN(C)C[C@@H]4F)cccn3c2SC(F)(F)F)c(OC)c1.O=CO. The molecule has 1 fully saturated rings. The minimum absolute atomic E-state index is 0.0459. The third-order valence-electron chi connectivity index (χ3n) is 6.17. The van der Waals surface area contributed by atoms with E-state index < -0.39 is 17.7 Å². The number of piperidine rings is 1. The van der Waals surface area contributed by atoms with Crippen LogP contribution in [-0.2, 0) is 4.79 Å². The molecule has 1 aromatic carbocycles. The number of likely N-dealkylation sites (tertiary alicyclic amines) is 1. The van der Waals surface area contributed by atoms with Gasteiger partial charge < -0.3 is 30.7 Å². The van der Waals surface area contributed by atoms with Crippen molar-refractivity contribution in [2.45, 2.75) is 29.2 Å². The largest absolute Gasteiger partial charge is 0.495 e. The second-order valence-electron chi connectivity index (χ2n) is 9.00. The summed E-state index contributed by atoms with van der Waals surface area (Å²) in [5, 5.41) is 15.4. The molecule has 0 unspecified atom stereocenters. The lowest BCUT2D eigenvalue weighted by atomic mass is 10.0. The van der Waals surface area contributed by atoms with Gasteiger partial charge in [-0.25, -0.2) is 9.37 Å². The van der Waals surface area contributed by atoms with Crippen LogP contribution in [0.2, 0.25) is 0 Å². The van der Waals surface area contributed by atoms with Crippen LogP contribution in [0.15, 0.2) is 41.6 Å². The summed E-state index contributed by atoms with van der Waals surface area (Å²) in [5.41, 5.74) is -2.97. The van der Waals surface area contributed by atoms with E-state index >= 15 is 0 Å². The maximum Gasteiger partial charge on any atom is 0.447 e. The molecule has 4 rings (SSSR count). The molecule has 3 heterocycles. The van der Waals surface area contributed by atoms with Crippen molar-refractivity contribution in [3.8, 4) is 17.6 Å². The molecular formula is C27H30F4N6O4S. The van der Waals surface area contributed by atoms with Gasteiger partial charge in [0.05, 0.1) is 31.1 Å². The standard InChI is InChI=1S/C26H28F4N6O2S.CH2O2/c1-31-24(37)16-8-9-19(22(14-16)38-3)32-11-4-6-21-25(39-26(28,29)30)36-12-5-7-20(23(36)34-21)33-18-10-13-35(2)15-17(18)27;2-1-3/h5,7-9,12,14,17-18,32-33H,10-11,13,15H2,1-3H3,(H,31,37);1H,(H,2,3)/t17-,18+;/m0./s1. The second-order valence-corrected chi connectivity index (χ2v) is 10.1. The van der Waals surface area contributed by atoms with Crippen molar-refractivity contribution in [2.75, 3.05) is 51.5 Å². The molecule has 1 aliphatic rings. The zero-order valence-electron chi connectivity index (χ0n) is 23.0. The zero-order valence-corrected chi connectivity index (χ0v) is 23.8. The number of hydrogen-bond donors (Lipinski definition) is 4. The van der Waals surface area contributed by atoms with Gasteiger partial charge in [0.1, 0.15) is 22.6 Å². The number of aromatic nitrogens is 2. The molecular weight excluding hydrogens is 580 g/mol. The quantitative estimate of drug-likeness (QED) is 0.137. The van der Waals surface area contributed by atoms with Crippen LogP contribution in [-0.4, -0.2) is 90.3 Å². The smallest absolute Gasteiger partial charge is 0.447 e. The van der Waals surface area contributed by atoms with Crippen molar-refractivity contribution in [2.24, 2.45) is 0 Å². The molecule has 0 aliphatic carbocycles. The molecule has 0 spiro atoms. The summed E-state index contributed by atoms with van der Waals surface area (Å²) in [7, 11) is 4.82. The fourth-order valence-electron chi connectivity index (χ4n) is 4.26. The van der Waals surface area contributed by atoms with Gasteiger partial charge >= 0.3 is 5.51 Å². The molecule has 3 aromatic rings. The molecule has 2 atom stereocenters. The second kappa shape index (κ2) is 14.6. The highest BCUT2D eigenvalue weighted by atomic mass is 32.2. The van der Waals surface area contributed by atoms with Crippen LogP contribution < -0.4 is 20.7 Å². The number of hydrogen-bond acceptors (Lipinski definition) is 8. The number of carboxylic acid groups (broad SMARTS) is 1. The molecule has 15 heteroatoms. The molecule has 1 saturated heterocycles. The lowest BCUT2D eigenvalue weighted by Crippen LogP contribution is -2.46. The predicted octanol–water partition coefficient (Wildman–Crippen LogP) is 3.93. The van der Waals surface area contributed by atoms with Crippen molar-refractivity contribution in [1.82, 2.24) is 19.6 Å². The Labute approximate surface area is 243 Å². The number of amides is 1. The number of carbonyl (C=O) groups is 2. The number of imidazole rings is 1. The number of nitrogens with zero attached hydrogens (tertiary/aromatic N) is 3. The molecule has 0 bridgehead atoms. The number of pyridine rings is 1. The van der Waals surface area contributed by atoms with E-state index in [-0.39, 0.29) is 53.6 Å². The number of benzene rings is 1. The van der Waals surface area contributed by atoms with Crippen LogP contribution >= 0.6 is 11.8 Å². The van der Waals surface area contributed by atoms with E-state index in [1.54, 1.807) is 30.3 Å². The van der Waals surface area contributed by atoms with Crippen LogP contribution in [0, 0.1) is 11.8 Å². The summed E-state index contributed by atoms with van der Waals surface area (Å²) in [5.74, 6) is 5.69. The van der Waals surface area contributed by atoms with Gasteiger partial charge in [-0.1, -0.05) is 5.92 Å². The Bertz CT molecular complexity index is 1460. The van der Waals surface area contributed by atoms with Crippen molar-refractivity contribution < 1.29 is 37.0 Å². The van der Waals surface area contributed by atoms with Gasteiger partial charge in [0.15, 0.2) is 5.65 Å². The Morgan fingerprint density at radius 1 is 1.31 bits per heavy atom. The third-order valence-corrected chi connectivity index (χ3v) is 6.98. The molecule has 226 valence electrons. The number of methoxy groups -OCH3 is 1. The van der Waals surface area contributed by atoms with E-state index in [4.69, 9.17) is 14.6 Å². The molecule has 4 N–H and O–H groups in total. The highest BCUT2D eigenvalue weighted by molar-refractivity contribution is 8.00. The van der Waals surface area contributed by atoms with Gasteiger partial charge in [-0.15, -0.1) is 0 Å². The van der Waals surface area contributed by atoms with Gasteiger partial charge in [0.25, 0.3) is 12.4 Å². The number of rotatable bonds is 7. The summed E-state index contributed by atoms with van der Waals surface area (Å²) in [6.07, 6.45) is 0.900. The number of anilines is 2. The van der Waals surface area contributed by atoms with Crippen LogP contribution in [0.5, 0.6) is 5.75 Å². The van der Waals surface area contributed by atoms with Gasteiger partial charge in [-0.05, 0) is 49.7 Å². The molecule has 1 amide bonds. The molecule has 0 saturated carbocycles. The number of ether oxygens (including phenoxy) is 1. The van der Waals surface area contributed by atoms with Crippen molar-refractivity contribution in [3.05, 3.63) is 47.8 Å². The van der Waals surface area contributed by atoms with Gasteiger partial charge in [-0.3, -0.25) is 14.0 Å². The minimum Gasteiger partial charge on any atom is -0.495 e. The Balaban J connectivity index is 0.00000155. The summed E-state index contributed by atoms with van der Waals surface area (Å²) in [4.78, 5) is 26.5. The van der Waals surface area contributed by atoms with Crippen molar-refractivity contribution in [1.29, 1.82) is 0 Å². The van der Waals surface area contributed by atoms with Crippen molar-refractivity contribution in [3.63, 3.8) is 0 Å². The zero-order chi connectivity index (χ0) is 30.9. The maximum atomic E-state index is 14.6. The number of carbonyl (C=O) groups excluding carboxylic acids is 1. The highest BCUT2D eigenvalue weighted by Gasteiger charge is 2.33. The lowest BCUT2D eigenvalue weighted by molar-refractivity contribution is -0.122. The third kappa shape index (κ3) is 8.43. The van der Waals surface area contributed by atoms with Crippen molar-refractivity contribution >= 4 is 41.2 Å². The van der Waals surface area contributed by atoms with Crippen LogP contribution in [0.1, 0.15) is 22.5 Å². The fourth-order valence-corrected chi connectivity index (χ4v) is 4.91. The maximum absolute atomic E-state index is 14.6. The highest BCUT2D eigenvalue weighted by Crippen LogP contribution is 2.39. The first-order valence-electron chi connectivity index (χ1n) is 12.6. The molecule has 10 nitrogen and oxygen atoms in total. The average molecular weight is 611 g/mol. The summed E-state index contributed by atoms with van der Waals surface area (Å²) >= 11 is -0.303. The fraction of sp³-hybridized carbons (Fsp3) is 0.370. The first-order chi connectivity index (χ1) is 20.0. The monoisotopic (exact) mass is 610 g/mol. The van der Waals surface area contributed by atoms with Crippen LogP contribution in [0.25, 0.3) is 5.65 Å². The first-order valence-corrected chi connectivity index (χ1v) is 13.4. The summed E-state index contributed by atoms with van der Waals surface area (Å²) in [6, 6.07) is 7.61. The van der Waals surface area contributed by atoms with E-state index in [9.17, 15) is 22.4 Å². The summed E-state index contributed by atoms with van der Waals surface area (Å²) in [6.45, 7) is 0.797. The van der Waals surface area contributed by atoms with E-state index in [2.05, 4.69) is 32.8 Å². The summed E-state index contributed by atoms with van der Waals surface area (Å²) < 4.78 is 61.6. The van der Waals surface area contributed by atoms with Gasteiger partial charge in [0.2, 0.25) is 0 Å². The Kier molecular flexibility index (Phi) is 11.3. The van der Waals surface area contributed by atoms with E-state index in [0.29, 0.717) is 35.7 Å². The Morgan fingerprint density at radius 2 is 2.05 bits per heavy atom. The van der Waals surface area contributed by atoms with Gasteiger partial charge in [-0.2, -0.15) is 13.2 Å². The first kappa shape index (κ1) is 32.4. The molecule has 0 radical (unpaired) electrons. The number of nitrogens with one attached hydrogen (secondary N) is 3. The molecule has 42 heavy (non-hydrogen) atoms. The number of halogens is 4. The molecule has 2 aromatic heterocycles. The Hall–Kier alpha value is -4.16. The van der Waals surface area contributed by atoms with E-state index in [1.807, 2.05) is 11.9 Å². The number of alkyl halides is 4. The van der Waals surface area contributed by atoms with Crippen LogP contribution in [0.3, 0.4) is 0 Å². The van der Waals surface area contributed by atoms with E-state index in [0.717, 1.165) is 0 Å². The predicted molar refractivity (Wildman–Crippen MR) is 152 cm³/mol. The number of thioether (sulfide) groups is 1. The normalized spacial score (nSPS) is 16.8. The number of fused-ring (bicyclic) bond motifs is 1. The minimum atomic E-state index is -4.56. The Morgan fingerprint density at radius 3 is 2.69 bits per heavy atom. The molecule has 1 aliphatic heterocycles. The van der Waals surface area contributed by atoms with Gasteiger partial charge in [0, 0.05) is 43.7 Å². The lowest BCUT2D eigenvalue weighted by Gasteiger charge is -2.33.